The van der Waals surface area contributed by atoms with E-state index in [1.54, 1.807) is 11.3 Å². The Hall–Kier alpha value is -1.92. The first-order valence-electron chi connectivity index (χ1n) is 11.0. The molecular formula is C24H32N4S2. The molecule has 3 aromatic rings. The minimum absolute atomic E-state index is 0.390. The molecule has 0 unspecified atom stereocenters. The maximum atomic E-state index is 5.96. The third-order valence-corrected chi connectivity index (χ3v) is 7.54. The van der Waals surface area contributed by atoms with Crippen molar-refractivity contribution < 1.29 is 0 Å². The van der Waals surface area contributed by atoms with Crippen molar-refractivity contribution in [1.82, 2.24) is 14.3 Å². The van der Waals surface area contributed by atoms with Crippen LogP contribution in [0.1, 0.15) is 50.6 Å². The van der Waals surface area contributed by atoms with E-state index in [9.17, 15) is 0 Å². The second-order valence-corrected chi connectivity index (χ2v) is 9.81. The van der Waals surface area contributed by atoms with Gasteiger partial charge >= 0.3 is 0 Å². The molecule has 0 bridgehead atoms. The van der Waals surface area contributed by atoms with E-state index in [2.05, 4.69) is 71.6 Å². The summed E-state index contributed by atoms with van der Waals surface area (Å²) in [6.45, 7) is 3.15. The van der Waals surface area contributed by atoms with Crippen molar-refractivity contribution in [2.24, 2.45) is 5.92 Å². The number of hydrogen-bond acceptors (Lipinski definition) is 4. The lowest BCUT2D eigenvalue weighted by molar-refractivity contribution is 0.262. The fraction of sp³-hybridized carbons (Fsp3) is 0.500. The van der Waals surface area contributed by atoms with Gasteiger partial charge in [-0.3, -0.25) is 4.57 Å². The monoisotopic (exact) mass is 440 g/mol. The summed E-state index contributed by atoms with van der Waals surface area (Å²) in [4.78, 5) is 2.13. The molecule has 4 nitrogen and oxygen atoms in total. The number of anilines is 1. The predicted molar refractivity (Wildman–Crippen MR) is 130 cm³/mol. The maximum Gasteiger partial charge on any atom is 0.198 e. The van der Waals surface area contributed by atoms with E-state index in [0.29, 0.717) is 12.0 Å². The molecule has 1 aliphatic carbocycles. The van der Waals surface area contributed by atoms with Gasteiger partial charge in [-0.1, -0.05) is 31.4 Å². The lowest BCUT2D eigenvalue weighted by atomic mass is 9.84. The van der Waals surface area contributed by atoms with E-state index in [0.717, 1.165) is 23.6 Å². The molecule has 1 atom stereocenters. The Morgan fingerprint density at radius 3 is 2.50 bits per heavy atom. The second-order valence-electron chi connectivity index (χ2n) is 8.66. The van der Waals surface area contributed by atoms with Crippen LogP contribution in [0.4, 0.5) is 5.69 Å². The molecule has 30 heavy (non-hydrogen) atoms. The molecule has 1 saturated carbocycles. The van der Waals surface area contributed by atoms with Crippen LogP contribution in [0, 0.1) is 10.7 Å². The molecule has 0 amide bonds. The summed E-state index contributed by atoms with van der Waals surface area (Å²) >= 11 is 7.68. The van der Waals surface area contributed by atoms with Crippen molar-refractivity contribution in [3.8, 4) is 11.4 Å². The normalized spacial score (nSPS) is 16.0. The smallest absolute Gasteiger partial charge is 0.198 e. The van der Waals surface area contributed by atoms with Crippen molar-refractivity contribution in [2.75, 3.05) is 19.0 Å². The van der Waals surface area contributed by atoms with Gasteiger partial charge in [0.25, 0.3) is 0 Å². The van der Waals surface area contributed by atoms with Crippen molar-refractivity contribution in [3.05, 3.63) is 51.4 Å². The third-order valence-electron chi connectivity index (χ3n) is 6.45. The van der Waals surface area contributed by atoms with Gasteiger partial charge < -0.3 is 4.90 Å². The van der Waals surface area contributed by atoms with E-state index in [1.165, 1.54) is 48.9 Å². The first-order valence-corrected chi connectivity index (χ1v) is 12.4. The van der Waals surface area contributed by atoms with Gasteiger partial charge in [0.1, 0.15) is 0 Å². The van der Waals surface area contributed by atoms with E-state index >= 15 is 0 Å². The standard InChI is InChI=1S/C24H32N4S2/c1-18(20-7-5-4-6-8-20)28-23(21-14-16-30-17-21)25-27(24(28)29)15-13-19-9-11-22(12-10-19)26(2)3/h9-12,14,16-18,20H,4-8,13,15H2,1-3H3/t18-/m1/s1. The molecule has 1 aliphatic rings. The Kier molecular flexibility index (Phi) is 6.74. The molecule has 0 N–H and O–H groups in total. The average Bonchev–Trinajstić information content (AvgIpc) is 3.41. The Balaban J connectivity index is 1.60. The topological polar surface area (TPSA) is 26.0 Å². The average molecular weight is 441 g/mol. The lowest BCUT2D eigenvalue weighted by Gasteiger charge is -2.29. The van der Waals surface area contributed by atoms with E-state index in [4.69, 9.17) is 17.3 Å². The molecule has 6 heteroatoms. The fourth-order valence-corrected chi connectivity index (χ4v) is 5.56. The van der Waals surface area contributed by atoms with Crippen LogP contribution in [-0.2, 0) is 13.0 Å². The molecule has 1 fully saturated rings. The molecule has 0 saturated heterocycles. The molecule has 4 rings (SSSR count). The van der Waals surface area contributed by atoms with Crippen LogP contribution in [-0.4, -0.2) is 28.4 Å². The first kappa shape index (κ1) is 21.3. The van der Waals surface area contributed by atoms with Crippen LogP contribution >= 0.6 is 23.6 Å². The van der Waals surface area contributed by atoms with Gasteiger partial charge in [0.2, 0.25) is 0 Å². The van der Waals surface area contributed by atoms with E-state index < -0.39 is 0 Å². The third kappa shape index (κ3) is 4.54. The van der Waals surface area contributed by atoms with Gasteiger partial charge in [0.05, 0.1) is 0 Å². The van der Waals surface area contributed by atoms with Gasteiger partial charge in [-0.15, -0.1) is 0 Å². The highest BCUT2D eigenvalue weighted by Crippen LogP contribution is 2.35. The zero-order chi connectivity index (χ0) is 21.1. The van der Waals surface area contributed by atoms with Crippen LogP contribution in [0.15, 0.2) is 41.1 Å². The summed E-state index contributed by atoms with van der Waals surface area (Å²) in [6.07, 6.45) is 7.59. The zero-order valence-corrected chi connectivity index (χ0v) is 19.9. The Morgan fingerprint density at radius 2 is 1.87 bits per heavy atom. The van der Waals surface area contributed by atoms with Gasteiger partial charge in [0.15, 0.2) is 10.6 Å². The van der Waals surface area contributed by atoms with E-state index in [-0.39, 0.29) is 0 Å². The number of benzene rings is 1. The van der Waals surface area contributed by atoms with Crippen molar-refractivity contribution in [1.29, 1.82) is 0 Å². The molecule has 160 valence electrons. The van der Waals surface area contributed by atoms with Gasteiger partial charge in [0, 0.05) is 43.3 Å². The molecule has 0 spiro atoms. The highest BCUT2D eigenvalue weighted by atomic mass is 32.1. The highest BCUT2D eigenvalue weighted by Gasteiger charge is 2.26. The van der Waals surface area contributed by atoms with Gasteiger partial charge in [-0.25, -0.2) is 4.68 Å². The highest BCUT2D eigenvalue weighted by molar-refractivity contribution is 7.71. The number of aryl methyl sites for hydroxylation is 2. The molecule has 0 radical (unpaired) electrons. The molecule has 0 aliphatic heterocycles. The predicted octanol–water partition coefficient (Wildman–Crippen LogP) is 6.59. The summed E-state index contributed by atoms with van der Waals surface area (Å²) in [5, 5.41) is 9.31. The van der Waals surface area contributed by atoms with Crippen molar-refractivity contribution in [3.63, 3.8) is 0 Å². The minimum atomic E-state index is 0.390. The first-order chi connectivity index (χ1) is 14.5. The number of thiophene rings is 1. The van der Waals surface area contributed by atoms with Crippen molar-refractivity contribution in [2.45, 2.75) is 58.0 Å². The van der Waals surface area contributed by atoms with Crippen LogP contribution in [0.25, 0.3) is 11.4 Å². The van der Waals surface area contributed by atoms with Crippen LogP contribution in [0.5, 0.6) is 0 Å². The van der Waals surface area contributed by atoms with Crippen LogP contribution in [0.2, 0.25) is 0 Å². The minimum Gasteiger partial charge on any atom is -0.378 e. The molecule has 1 aromatic carbocycles. The van der Waals surface area contributed by atoms with Gasteiger partial charge in [-0.2, -0.15) is 16.4 Å². The maximum absolute atomic E-state index is 5.96. The number of nitrogens with zero attached hydrogens (tertiary/aromatic N) is 4. The SMILES string of the molecule is C[C@H](C1CCCCC1)n1c(-c2ccsc2)nn(CCc2ccc(N(C)C)cc2)c1=S. The Morgan fingerprint density at radius 1 is 1.13 bits per heavy atom. The molecule has 2 aromatic heterocycles. The number of rotatable bonds is 7. The Labute approximate surface area is 189 Å². The van der Waals surface area contributed by atoms with Crippen molar-refractivity contribution >= 4 is 29.2 Å². The summed E-state index contributed by atoms with van der Waals surface area (Å²) in [6, 6.07) is 11.3. The van der Waals surface area contributed by atoms with Crippen LogP contribution in [0.3, 0.4) is 0 Å². The quantitative estimate of drug-likeness (QED) is 0.388. The number of hydrogen-bond donors (Lipinski definition) is 0. The zero-order valence-electron chi connectivity index (χ0n) is 18.3. The summed E-state index contributed by atoms with van der Waals surface area (Å²) in [5.74, 6) is 1.72. The summed E-state index contributed by atoms with van der Waals surface area (Å²) in [7, 11) is 4.14. The van der Waals surface area contributed by atoms with Crippen LogP contribution < -0.4 is 4.90 Å². The summed E-state index contributed by atoms with van der Waals surface area (Å²) in [5.41, 5.74) is 3.72. The molecular weight excluding hydrogens is 408 g/mol. The largest absolute Gasteiger partial charge is 0.378 e. The van der Waals surface area contributed by atoms with E-state index in [1.807, 2.05) is 4.68 Å². The molecule has 2 heterocycles. The Bertz CT molecular complexity index is 993. The lowest BCUT2D eigenvalue weighted by Crippen LogP contribution is -2.20. The summed E-state index contributed by atoms with van der Waals surface area (Å²) < 4.78 is 5.24. The van der Waals surface area contributed by atoms with Gasteiger partial charge in [-0.05, 0) is 73.5 Å². The fourth-order valence-electron chi connectivity index (χ4n) is 4.54. The number of aromatic nitrogens is 3. The second kappa shape index (κ2) is 9.48.